The van der Waals surface area contributed by atoms with Crippen LogP contribution in [0.1, 0.15) is 107 Å². The fourth-order valence-corrected chi connectivity index (χ4v) is 6.61. The zero-order chi connectivity index (χ0) is 45.1. The van der Waals surface area contributed by atoms with Crippen LogP contribution < -0.4 is 21.3 Å². The number of ether oxygens (including phenoxy) is 1. The summed E-state index contributed by atoms with van der Waals surface area (Å²) in [4.78, 5) is 99.0. The number of esters is 1. The Balaban J connectivity index is 3.18. The fourth-order valence-electron chi connectivity index (χ4n) is 6.61. The maximum Gasteiger partial charge on any atom is 0.328 e. The molecule has 0 saturated heterocycles. The van der Waals surface area contributed by atoms with Gasteiger partial charge in [-0.15, -0.1) is 0 Å². The van der Waals surface area contributed by atoms with Crippen molar-refractivity contribution in [2.75, 3.05) is 34.7 Å². The first-order valence-corrected chi connectivity index (χ1v) is 21.1. The summed E-state index contributed by atoms with van der Waals surface area (Å²) < 4.78 is 5.40. The van der Waals surface area contributed by atoms with Crippen molar-refractivity contribution in [3.8, 4) is 0 Å². The Labute approximate surface area is 353 Å². The Bertz CT molecular complexity index is 1520. The quantitative estimate of drug-likeness (QED) is 0.107. The second-order valence-corrected chi connectivity index (χ2v) is 17.3. The molecular weight excluding hydrogens is 755 g/mol. The summed E-state index contributed by atoms with van der Waals surface area (Å²) in [5.74, 6) is -3.58. The molecule has 4 N–H and O–H groups in total. The van der Waals surface area contributed by atoms with Crippen LogP contribution in [0.2, 0.25) is 0 Å². The molecule has 6 atom stereocenters. The first-order valence-electron chi connectivity index (χ1n) is 21.1. The van der Waals surface area contributed by atoms with Gasteiger partial charge in [-0.05, 0) is 68.9 Å². The zero-order valence-corrected chi connectivity index (χ0v) is 38.2. The Hall–Kier alpha value is -4.53. The summed E-state index contributed by atoms with van der Waals surface area (Å²) in [7, 11) is 6.19. The van der Waals surface area contributed by atoms with Gasteiger partial charge < -0.3 is 40.7 Å². The number of rotatable bonds is 25. The van der Waals surface area contributed by atoms with Crippen LogP contribution in [0, 0.1) is 23.7 Å². The lowest BCUT2D eigenvalue weighted by molar-refractivity contribution is -0.150. The van der Waals surface area contributed by atoms with Gasteiger partial charge in [0.2, 0.25) is 35.4 Å². The molecule has 0 bridgehead atoms. The molecule has 1 aromatic rings. The lowest BCUT2D eigenvalue weighted by Gasteiger charge is -2.35. The average molecular weight is 830 g/mol. The molecule has 0 radical (unpaired) electrons. The molecular formula is C44H75N7O8. The zero-order valence-electron chi connectivity index (χ0n) is 38.2. The predicted octanol–water partition coefficient (Wildman–Crippen LogP) is 3.50. The highest BCUT2D eigenvalue weighted by Gasteiger charge is 2.38. The van der Waals surface area contributed by atoms with Gasteiger partial charge in [0, 0.05) is 21.1 Å². The molecule has 1 aromatic carbocycles. The van der Waals surface area contributed by atoms with Crippen LogP contribution in [0.5, 0.6) is 0 Å². The van der Waals surface area contributed by atoms with Crippen LogP contribution in [-0.2, 0) is 44.9 Å². The Kier molecular flexibility index (Phi) is 23.0. The molecule has 15 heteroatoms. The van der Waals surface area contributed by atoms with Crippen molar-refractivity contribution in [2.45, 2.75) is 144 Å². The molecule has 0 saturated carbocycles. The molecule has 0 aliphatic carbocycles. The van der Waals surface area contributed by atoms with Crippen molar-refractivity contribution in [3.63, 3.8) is 0 Å². The summed E-state index contributed by atoms with van der Waals surface area (Å²) in [6.45, 7) is 18.4. The predicted molar refractivity (Wildman–Crippen MR) is 229 cm³/mol. The van der Waals surface area contributed by atoms with Gasteiger partial charge >= 0.3 is 5.97 Å². The standard InChI is InChI=1S/C44H75N7O8/c1-15-19-33(47-39(53)34(45-11)22-27(2)3)42(56)49(12)25-37(52)50(13)35(23-28(4)5)41(55)48-38(30(8)9)43(57)51(14)36(24-29(6)7)40(54)46-31(10)44(58)59-26-32-20-17-16-18-21-32/h16-18,20-21,27-31,33-36,38,45H,15,19,22-26H2,1-14H3,(H,46,54)(H,47,53)(H,48,55)/t31-,33-,34-,35-,36-,38-/m0/s1. The van der Waals surface area contributed by atoms with Gasteiger partial charge in [0.1, 0.15) is 36.8 Å². The number of hydrogen-bond donors (Lipinski definition) is 4. The van der Waals surface area contributed by atoms with Gasteiger partial charge in [0.05, 0.1) is 12.6 Å². The van der Waals surface area contributed by atoms with E-state index in [4.69, 9.17) is 4.74 Å². The molecule has 59 heavy (non-hydrogen) atoms. The summed E-state index contributed by atoms with van der Waals surface area (Å²) >= 11 is 0. The van der Waals surface area contributed by atoms with E-state index in [9.17, 15) is 33.6 Å². The Morgan fingerprint density at radius 2 is 1.17 bits per heavy atom. The van der Waals surface area contributed by atoms with E-state index in [1.54, 1.807) is 20.9 Å². The number of hydrogen-bond acceptors (Lipinski definition) is 9. The largest absolute Gasteiger partial charge is 0.459 e. The number of carbonyl (C=O) groups is 7. The van der Waals surface area contributed by atoms with Crippen molar-refractivity contribution in [1.29, 1.82) is 0 Å². The van der Waals surface area contributed by atoms with Gasteiger partial charge in [-0.25, -0.2) is 4.79 Å². The third-order valence-corrected chi connectivity index (χ3v) is 10.2. The van der Waals surface area contributed by atoms with E-state index in [0.29, 0.717) is 19.3 Å². The lowest BCUT2D eigenvalue weighted by atomic mass is 9.97. The molecule has 15 nitrogen and oxygen atoms in total. The second kappa shape index (κ2) is 25.8. The van der Waals surface area contributed by atoms with Crippen LogP contribution >= 0.6 is 0 Å². The van der Waals surface area contributed by atoms with E-state index in [1.165, 1.54) is 42.8 Å². The van der Waals surface area contributed by atoms with Crippen LogP contribution in [0.4, 0.5) is 0 Å². The monoisotopic (exact) mass is 830 g/mol. The fraction of sp³-hybridized carbons (Fsp3) is 0.705. The number of carbonyl (C=O) groups excluding carboxylic acids is 7. The summed E-state index contributed by atoms with van der Waals surface area (Å²) in [5, 5.41) is 11.5. The Morgan fingerprint density at radius 3 is 1.66 bits per heavy atom. The topological polar surface area (TPSA) is 187 Å². The van der Waals surface area contributed by atoms with Crippen molar-refractivity contribution in [3.05, 3.63) is 35.9 Å². The second-order valence-electron chi connectivity index (χ2n) is 17.3. The Morgan fingerprint density at radius 1 is 0.644 bits per heavy atom. The molecule has 0 spiro atoms. The van der Waals surface area contributed by atoms with E-state index >= 15 is 0 Å². The molecule has 0 unspecified atom stereocenters. The van der Waals surface area contributed by atoms with Crippen LogP contribution in [0.15, 0.2) is 30.3 Å². The van der Waals surface area contributed by atoms with E-state index in [1.807, 2.05) is 78.8 Å². The number of benzene rings is 1. The number of amides is 6. The number of likely N-dealkylation sites (N-methyl/N-ethyl adjacent to an activating group) is 4. The van der Waals surface area contributed by atoms with Crippen LogP contribution in [-0.4, -0.2) is 127 Å². The summed E-state index contributed by atoms with van der Waals surface area (Å²) in [6.07, 6.45) is 2.16. The smallest absolute Gasteiger partial charge is 0.328 e. The van der Waals surface area contributed by atoms with E-state index in [0.717, 1.165) is 5.56 Å². The van der Waals surface area contributed by atoms with Crippen molar-refractivity contribution in [2.24, 2.45) is 23.7 Å². The maximum atomic E-state index is 14.2. The molecule has 0 aliphatic rings. The van der Waals surface area contributed by atoms with Crippen LogP contribution in [0.25, 0.3) is 0 Å². The number of nitrogens with zero attached hydrogens (tertiary/aromatic N) is 3. The third kappa shape index (κ3) is 17.7. The maximum absolute atomic E-state index is 14.2. The molecule has 6 amide bonds. The highest BCUT2D eigenvalue weighted by atomic mass is 16.5. The first-order chi connectivity index (χ1) is 27.5. The van der Waals surface area contributed by atoms with Gasteiger partial charge in [-0.3, -0.25) is 28.8 Å². The minimum atomic E-state index is -1.05. The minimum absolute atomic E-state index is 0.00260. The SMILES string of the molecule is CCC[C@H](NC(=O)[C@H](CC(C)C)NC)C(=O)N(C)CC(=O)N(C)[C@@H](CC(C)C)C(=O)N[C@H](C(=O)N(C)[C@@H](CC(C)C)C(=O)N[C@@H](C)C(=O)OCc1ccccc1)C(C)C. The first kappa shape index (κ1) is 52.5. The molecule has 0 fully saturated rings. The van der Waals surface area contributed by atoms with Crippen LogP contribution in [0.3, 0.4) is 0 Å². The normalized spacial score (nSPS) is 14.5. The van der Waals surface area contributed by atoms with Crippen molar-refractivity contribution >= 4 is 41.4 Å². The van der Waals surface area contributed by atoms with Gasteiger partial charge in [-0.2, -0.15) is 0 Å². The van der Waals surface area contributed by atoms with E-state index < -0.39 is 77.7 Å². The van der Waals surface area contributed by atoms with Crippen molar-refractivity contribution in [1.82, 2.24) is 36.0 Å². The summed E-state index contributed by atoms with van der Waals surface area (Å²) in [6, 6.07) is 3.88. The molecule has 0 aliphatic heterocycles. The molecule has 1 rings (SSSR count). The average Bonchev–Trinajstić information content (AvgIpc) is 3.17. The highest BCUT2D eigenvalue weighted by Crippen LogP contribution is 2.18. The number of nitrogens with one attached hydrogen (secondary N) is 4. The highest BCUT2D eigenvalue weighted by molar-refractivity contribution is 5.96. The minimum Gasteiger partial charge on any atom is -0.459 e. The van der Waals surface area contributed by atoms with Gasteiger partial charge in [-0.1, -0.05) is 99.1 Å². The molecule has 0 aromatic heterocycles. The lowest BCUT2D eigenvalue weighted by Crippen LogP contribution is -2.60. The van der Waals surface area contributed by atoms with E-state index in [-0.39, 0.29) is 49.7 Å². The van der Waals surface area contributed by atoms with Crippen molar-refractivity contribution < 1.29 is 38.3 Å². The molecule has 334 valence electrons. The van der Waals surface area contributed by atoms with Gasteiger partial charge in [0.15, 0.2) is 0 Å². The third-order valence-electron chi connectivity index (χ3n) is 10.2. The van der Waals surface area contributed by atoms with E-state index in [2.05, 4.69) is 21.3 Å². The van der Waals surface area contributed by atoms with Gasteiger partial charge in [0.25, 0.3) is 0 Å². The summed E-state index contributed by atoms with van der Waals surface area (Å²) in [5.41, 5.74) is 0.802. The molecule has 0 heterocycles.